The van der Waals surface area contributed by atoms with E-state index in [0.29, 0.717) is 23.8 Å². The standard InChI is InChI=1S/C16H22ClN3O4S/c1-3-25(23,24)20-8-6-19(7-9-20)16(22)11-15(21)18-14-10-13(17)5-4-12(14)2/h4-5,10H,3,6-9,11H2,1-2H3,(H,18,21). The first-order valence-corrected chi connectivity index (χ1v) is 10.0. The zero-order valence-corrected chi connectivity index (χ0v) is 15.9. The lowest BCUT2D eigenvalue weighted by Crippen LogP contribution is -2.51. The second-order valence-corrected chi connectivity index (χ2v) is 8.56. The Balaban J connectivity index is 1.88. The molecule has 7 nitrogen and oxygen atoms in total. The molecule has 0 aromatic heterocycles. The number of amides is 2. The maximum Gasteiger partial charge on any atom is 0.233 e. The van der Waals surface area contributed by atoms with Crippen LogP contribution in [0.5, 0.6) is 0 Å². The third-order valence-electron chi connectivity index (χ3n) is 4.14. The number of hydrogen-bond acceptors (Lipinski definition) is 4. The highest BCUT2D eigenvalue weighted by Gasteiger charge is 2.28. The molecule has 25 heavy (non-hydrogen) atoms. The maximum atomic E-state index is 12.2. The lowest BCUT2D eigenvalue weighted by atomic mass is 10.2. The van der Waals surface area contributed by atoms with Gasteiger partial charge >= 0.3 is 0 Å². The van der Waals surface area contributed by atoms with Crippen molar-refractivity contribution in [2.75, 3.05) is 37.2 Å². The van der Waals surface area contributed by atoms with Crippen molar-refractivity contribution in [1.29, 1.82) is 0 Å². The van der Waals surface area contributed by atoms with Crippen LogP contribution in [0.1, 0.15) is 18.9 Å². The van der Waals surface area contributed by atoms with E-state index in [1.807, 2.05) is 6.92 Å². The summed E-state index contributed by atoms with van der Waals surface area (Å²) >= 11 is 5.91. The minimum absolute atomic E-state index is 0.0440. The van der Waals surface area contributed by atoms with Gasteiger partial charge in [0.25, 0.3) is 0 Å². The quantitative estimate of drug-likeness (QED) is 0.775. The molecule has 0 aliphatic carbocycles. The highest BCUT2D eigenvalue weighted by atomic mass is 35.5. The summed E-state index contributed by atoms with van der Waals surface area (Å²) in [5, 5.41) is 3.19. The van der Waals surface area contributed by atoms with E-state index in [9.17, 15) is 18.0 Å². The Morgan fingerprint density at radius 1 is 1.20 bits per heavy atom. The summed E-state index contributed by atoms with van der Waals surface area (Å²) in [4.78, 5) is 25.9. The number of hydrogen-bond donors (Lipinski definition) is 1. The van der Waals surface area contributed by atoms with Gasteiger partial charge in [0.1, 0.15) is 6.42 Å². The molecule has 2 amide bonds. The second kappa shape index (κ2) is 8.16. The minimum atomic E-state index is -3.24. The molecule has 0 bridgehead atoms. The molecule has 2 rings (SSSR count). The molecule has 0 saturated carbocycles. The van der Waals surface area contributed by atoms with Crippen LogP contribution in [0.25, 0.3) is 0 Å². The largest absolute Gasteiger partial charge is 0.340 e. The SMILES string of the molecule is CCS(=O)(=O)N1CCN(C(=O)CC(=O)Nc2cc(Cl)ccc2C)CC1. The molecule has 0 unspecified atom stereocenters. The van der Waals surface area contributed by atoms with Crippen LogP contribution in [0.3, 0.4) is 0 Å². The van der Waals surface area contributed by atoms with Gasteiger partial charge in [0.15, 0.2) is 0 Å². The number of rotatable bonds is 5. The van der Waals surface area contributed by atoms with Crippen LogP contribution in [0.4, 0.5) is 5.69 Å². The zero-order chi connectivity index (χ0) is 18.6. The molecule has 9 heteroatoms. The fourth-order valence-corrected chi connectivity index (χ4v) is 3.83. The van der Waals surface area contributed by atoms with Crippen molar-refractivity contribution in [2.24, 2.45) is 0 Å². The van der Waals surface area contributed by atoms with E-state index < -0.39 is 15.9 Å². The van der Waals surface area contributed by atoms with E-state index in [-0.39, 0.29) is 31.2 Å². The molecule has 0 radical (unpaired) electrons. The summed E-state index contributed by atoms with van der Waals surface area (Å²) < 4.78 is 25.0. The molecule has 138 valence electrons. The van der Waals surface area contributed by atoms with Crippen LogP contribution in [0.2, 0.25) is 5.02 Å². The number of carbonyl (C=O) groups is 2. The monoisotopic (exact) mass is 387 g/mol. The molecule has 1 heterocycles. The Labute approximate surface area is 153 Å². The zero-order valence-electron chi connectivity index (χ0n) is 14.3. The third-order valence-corrected chi connectivity index (χ3v) is 6.25. The summed E-state index contributed by atoms with van der Waals surface area (Å²) in [6, 6.07) is 5.14. The van der Waals surface area contributed by atoms with Crippen molar-refractivity contribution >= 4 is 39.1 Å². The molecule has 1 aromatic carbocycles. The molecule has 1 fully saturated rings. The third kappa shape index (κ3) is 5.17. The summed E-state index contributed by atoms with van der Waals surface area (Å²) in [6.07, 6.45) is -0.285. The highest BCUT2D eigenvalue weighted by Crippen LogP contribution is 2.20. The van der Waals surface area contributed by atoms with Crippen molar-refractivity contribution in [1.82, 2.24) is 9.21 Å². The summed E-state index contributed by atoms with van der Waals surface area (Å²) in [5.41, 5.74) is 1.42. The van der Waals surface area contributed by atoms with Crippen molar-refractivity contribution in [3.63, 3.8) is 0 Å². The summed E-state index contributed by atoms with van der Waals surface area (Å²) in [7, 11) is -3.24. The molecule has 0 atom stereocenters. The Morgan fingerprint density at radius 2 is 1.84 bits per heavy atom. The van der Waals surface area contributed by atoms with Gasteiger partial charge in [0.2, 0.25) is 21.8 Å². The minimum Gasteiger partial charge on any atom is -0.340 e. The molecule has 1 saturated heterocycles. The Hall–Kier alpha value is -1.64. The first-order valence-electron chi connectivity index (χ1n) is 8.04. The average Bonchev–Trinajstić information content (AvgIpc) is 2.58. The number of carbonyl (C=O) groups excluding carboxylic acids is 2. The van der Waals surface area contributed by atoms with Crippen LogP contribution in [-0.2, 0) is 19.6 Å². The van der Waals surface area contributed by atoms with Crippen LogP contribution in [0.15, 0.2) is 18.2 Å². The number of nitrogens with zero attached hydrogens (tertiary/aromatic N) is 2. The normalized spacial score (nSPS) is 15.9. The fourth-order valence-electron chi connectivity index (χ4n) is 2.57. The predicted molar refractivity (Wildman–Crippen MR) is 97.0 cm³/mol. The van der Waals surface area contributed by atoms with Crippen molar-refractivity contribution < 1.29 is 18.0 Å². The number of nitrogens with one attached hydrogen (secondary N) is 1. The molecular formula is C16H22ClN3O4S. The first kappa shape index (κ1) is 19.7. The van der Waals surface area contributed by atoms with Gasteiger partial charge in [-0.25, -0.2) is 8.42 Å². The van der Waals surface area contributed by atoms with Crippen molar-refractivity contribution in [2.45, 2.75) is 20.3 Å². The van der Waals surface area contributed by atoms with E-state index in [0.717, 1.165) is 5.56 Å². The summed E-state index contributed by atoms with van der Waals surface area (Å²) in [6.45, 7) is 4.53. The van der Waals surface area contributed by atoms with Crippen LogP contribution in [0, 0.1) is 6.92 Å². The smallest absolute Gasteiger partial charge is 0.233 e. The van der Waals surface area contributed by atoms with Crippen molar-refractivity contribution in [3.05, 3.63) is 28.8 Å². The molecule has 0 spiro atoms. The lowest BCUT2D eigenvalue weighted by Gasteiger charge is -2.33. The Kier molecular flexibility index (Phi) is 6.42. The van der Waals surface area contributed by atoms with Gasteiger partial charge in [-0.2, -0.15) is 4.31 Å². The lowest BCUT2D eigenvalue weighted by molar-refractivity contribution is -0.135. The maximum absolute atomic E-state index is 12.2. The van der Waals surface area contributed by atoms with Gasteiger partial charge in [0.05, 0.1) is 5.75 Å². The van der Waals surface area contributed by atoms with Gasteiger partial charge in [-0.3, -0.25) is 9.59 Å². The molecule has 1 aromatic rings. The first-order chi connectivity index (χ1) is 11.7. The predicted octanol–water partition coefficient (Wildman–Crippen LogP) is 1.47. The van der Waals surface area contributed by atoms with E-state index >= 15 is 0 Å². The number of sulfonamides is 1. The number of piperazine rings is 1. The van der Waals surface area contributed by atoms with Gasteiger partial charge in [-0.1, -0.05) is 17.7 Å². The van der Waals surface area contributed by atoms with Gasteiger partial charge < -0.3 is 10.2 Å². The molecule has 1 aliphatic rings. The van der Waals surface area contributed by atoms with E-state index in [1.54, 1.807) is 25.1 Å². The van der Waals surface area contributed by atoms with Crippen LogP contribution < -0.4 is 5.32 Å². The van der Waals surface area contributed by atoms with Gasteiger partial charge in [-0.05, 0) is 31.5 Å². The fraction of sp³-hybridized carbons (Fsp3) is 0.500. The topological polar surface area (TPSA) is 86.8 Å². The number of benzene rings is 1. The second-order valence-electron chi connectivity index (χ2n) is 5.86. The summed E-state index contributed by atoms with van der Waals surface area (Å²) in [5.74, 6) is -0.688. The van der Waals surface area contributed by atoms with Crippen LogP contribution in [-0.4, -0.2) is 61.4 Å². The van der Waals surface area contributed by atoms with E-state index in [1.165, 1.54) is 9.21 Å². The van der Waals surface area contributed by atoms with Gasteiger partial charge in [-0.15, -0.1) is 0 Å². The molecule has 1 aliphatic heterocycles. The number of halogens is 1. The van der Waals surface area contributed by atoms with Gasteiger partial charge in [0, 0.05) is 36.9 Å². The van der Waals surface area contributed by atoms with Crippen LogP contribution >= 0.6 is 11.6 Å². The molecule has 1 N–H and O–H groups in total. The Morgan fingerprint density at radius 3 is 2.44 bits per heavy atom. The van der Waals surface area contributed by atoms with E-state index in [2.05, 4.69) is 5.32 Å². The van der Waals surface area contributed by atoms with E-state index in [4.69, 9.17) is 11.6 Å². The average molecular weight is 388 g/mol. The number of anilines is 1. The number of aryl methyl sites for hydroxylation is 1. The van der Waals surface area contributed by atoms with Crippen molar-refractivity contribution in [3.8, 4) is 0 Å². The highest BCUT2D eigenvalue weighted by molar-refractivity contribution is 7.89. The molecular weight excluding hydrogens is 366 g/mol. The Bertz CT molecular complexity index is 759.